The molecule has 0 N–H and O–H groups in total. The zero-order chi connectivity index (χ0) is 33.1. The summed E-state index contributed by atoms with van der Waals surface area (Å²) >= 11 is 0. The number of pyridine rings is 1. The molecule has 4 aromatic carbocycles. The van der Waals surface area contributed by atoms with Gasteiger partial charge in [0.2, 0.25) is 0 Å². The molecule has 3 heterocycles. The summed E-state index contributed by atoms with van der Waals surface area (Å²) in [6.45, 7) is 27.2. The molecule has 6 aromatic rings. The Morgan fingerprint density at radius 1 is 0.617 bits per heavy atom. The standard InChI is InChI=1S/C44H45N2.Au/c1-24-16-26(3)32-22-30(24)31-23-33(27(4)17-25(31)2)38-14-13-15-39(45-38)44(11,12)37-21-29(43(8,9)10)20-36-35-19-28(42(5,6)7)18-34(32)40(35)46-41(36)37;/h13-21H,1-12H3;/q-3;+3. The first kappa shape index (κ1) is 33.5. The average molecular weight is 799 g/mol. The number of fused-ring (bicyclic) bond motifs is 10. The van der Waals surface area contributed by atoms with E-state index in [1.807, 2.05) is 0 Å². The van der Waals surface area contributed by atoms with Gasteiger partial charge in [0.25, 0.3) is 0 Å². The van der Waals surface area contributed by atoms with E-state index in [1.165, 1.54) is 49.7 Å². The summed E-state index contributed by atoms with van der Waals surface area (Å²) in [5.74, 6) is 0. The summed E-state index contributed by atoms with van der Waals surface area (Å²) in [6.07, 6.45) is 0. The van der Waals surface area contributed by atoms with Crippen LogP contribution in [0.2, 0.25) is 0 Å². The van der Waals surface area contributed by atoms with E-state index in [-0.39, 0.29) is 33.2 Å². The van der Waals surface area contributed by atoms with Gasteiger partial charge in [0.05, 0.1) is 0 Å². The van der Waals surface area contributed by atoms with E-state index in [9.17, 15) is 0 Å². The van der Waals surface area contributed by atoms with E-state index < -0.39 is 5.41 Å². The molecule has 0 atom stereocenters. The second-order valence-electron chi connectivity index (χ2n) is 16.3. The van der Waals surface area contributed by atoms with Crippen LogP contribution in [0.25, 0.3) is 55.3 Å². The van der Waals surface area contributed by atoms with Gasteiger partial charge in [-0.15, -0.1) is 51.0 Å². The van der Waals surface area contributed by atoms with Crippen LogP contribution in [-0.2, 0) is 38.6 Å². The fourth-order valence-electron chi connectivity index (χ4n) is 7.27. The monoisotopic (exact) mass is 798 g/mol. The van der Waals surface area contributed by atoms with Crippen molar-refractivity contribution in [2.75, 3.05) is 0 Å². The Bertz CT molecular complexity index is 2230. The van der Waals surface area contributed by atoms with Gasteiger partial charge < -0.3 is 4.98 Å². The molecule has 1 aliphatic rings. The minimum absolute atomic E-state index is 0. The van der Waals surface area contributed by atoms with Crippen molar-refractivity contribution in [3.8, 4) is 33.5 Å². The Morgan fingerprint density at radius 2 is 1.13 bits per heavy atom. The number of benzene rings is 4. The first-order chi connectivity index (χ1) is 21.4. The molecule has 0 unspecified atom stereocenters. The van der Waals surface area contributed by atoms with Gasteiger partial charge in [0, 0.05) is 16.8 Å². The molecule has 3 heteroatoms. The van der Waals surface area contributed by atoms with E-state index in [2.05, 4.69) is 150 Å². The van der Waals surface area contributed by atoms with Crippen molar-refractivity contribution < 1.29 is 22.4 Å². The summed E-state index contributed by atoms with van der Waals surface area (Å²) in [7, 11) is 0. The number of nitrogens with zero attached hydrogens (tertiary/aromatic N) is 2. The summed E-state index contributed by atoms with van der Waals surface area (Å²) in [5, 5.41) is 2.43. The van der Waals surface area contributed by atoms with Crippen LogP contribution in [-0.4, -0.2) is 4.98 Å². The zero-order valence-corrected chi connectivity index (χ0v) is 32.1. The molecule has 0 spiro atoms. The molecule has 0 fully saturated rings. The Labute approximate surface area is 296 Å². The van der Waals surface area contributed by atoms with Gasteiger partial charge in [-0.25, -0.2) is 0 Å². The minimum Gasteiger partial charge on any atom is -0.663 e. The van der Waals surface area contributed by atoms with Gasteiger partial charge in [-0.3, -0.25) is 4.98 Å². The summed E-state index contributed by atoms with van der Waals surface area (Å²) in [6, 6.07) is 28.4. The van der Waals surface area contributed by atoms with Crippen molar-refractivity contribution in [2.45, 2.75) is 99.3 Å². The molecule has 0 radical (unpaired) electrons. The van der Waals surface area contributed by atoms with E-state index in [1.54, 1.807) is 0 Å². The Morgan fingerprint density at radius 3 is 1.72 bits per heavy atom. The van der Waals surface area contributed by atoms with E-state index in [0.29, 0.717) is 0 Å². The molecular formula is C44H45AuN2. The molecule has 0 saturated heterocycles. The molecule has 0 saturated carbocycles. The molecular weight excluding hydrogens is 753 g/mol. The first-order valence-corrected chi connectivity index (χ1v) is 16.6. The molecule has 8 bridgehead atoms. The van der Waals surface area contributed by atoms with E-state index >= 15 is 0 Å². The minimum atomic E-state index is -0.405. The summed E-state index contributed by atoms with van der Waals surface area (Å²) in [4.78, 5) is 11.0. The van der Waals surface area contributed by atoms with Crippen LogP contribution >= 0.6 is 0 Å². The first-order valence-electron chi connectivity index (χ1n) is 16.6. The van der Waals surface area contributed by atoms with Gasteiger partial charge in [-0.2, -0.15) is 28.8 Å². The molecule has 1 aliphatic heterocycles. The van der Waals surface area contributed by atoms with Crippen molar-refractivity contribution in [1.29, 1.82) is 0 Å². The maximum atomic E-state index is 5.59. The third-order valence-corrected chi connectivity index (χ3v) is 10.2. The van der Waals surface area contributed by atoms with Crippen LogP contribution in [0.3, 0.4) is 0 Å². The van der Waals surface area contributed by atoms with Gasteiger partial charge in [0.1, 0.15) is 0 Å². The van der Waals surface area contributed by atoms with Crippen molar-refractivity contribution in [1.82, 2.24) is 9.97 Å². The third-order valence-electron chi connectivity index (χ3n) is 10.2. The van der Waals surface area contributed by atoms with Gasteiger partial charge in [-0.05, 0) is 38.8 Å². The number of hydrogen-bond acceptors (Lipinski definition) is 1. The normalized spacial score (nSPS) is 14.0. The van der Waals surface area contributed by atoms with Gasteiger partial charge in [0.15, 0.2) is 0 Å². The van der Waals surface area contributed by atoms with Crippen molar-refractivity contribution in [3.63, 3.8) is 0 Å². The Hall–Kier alpha value is -3.43. The topological polar surface area (TPSA) is 27.0 Å². The van der Waals surface area contributed by atoms with Crippen LogP contribution in [0, 0.1) is 39.8 Å². The third kappa shape index (κ3) is 5.34. The van der Waals surface area contributed by atoms with Crippen LogP contribution < -0.4 is 4.98 Å². The SMILES string of the molecule is Cc1cc(C)c2[c-]c1-c1cccc(n1)C(C)(C)c1cc(C(C)(C)C)cc3c1[n-]c1c(cc(C(C)(C)C)cc13)-c1[c-]c-2c(C)cc1C.[Au+3]. The molecule has 2 aromatic heterocycles. The van der Waals surface area contributed by atoms with E-state index in [0.717, 1.165) is 50.2 Å². The molecule has 7 rings (SSSR count). The Kier molecular flexibility index (Phi) is 7.87. The quantitative estimate of drug-likeness (QED) is 0.113. The molecule has 47 heavy (non-hydrogen) atoms. The molecule has 0 aliphatic carbocycles. The predicted molar refractivity (Wildman–Crippen MR) is 195 cm³/mol. The van der Waals surface area contributed by atoms with Crippen LogP contribution in [0.1, 0.15) is 100 Å². The van der Waals surface area contributed by atoms with Crippen LogP contribution in [0.5, 0.6) is 0 Å². The second kappa shape index (κ2) is 11.1. The maximum absolute atomic E-state index is 5.59. The van der Waals surface area contributed by atoms with Crippen molar-refractivity contribution in [2.24, 2.45) is 0 Å². The molecule has 0 amide bonds. The van der Waals surface area contributed by atoms with E-state index in [4.69, 9.17) is 9.97 Å². The molecule has 2 nitrogen and oxygen atoms in total. The van der Waals surface area contributed by atoms with Gasteiger partial charge >= 0.3 is 22.4 Å². The van der Waals surface area contributed by atoms with Crippen molar-refractivity contribution >= 4 is 21.8 Å². The smallest absolute Gasteiger partial charge is 0.663 e. The number of hydrogen-bond donors (Lipinski definition) is 0. The average Bonchev–Trinajstić information content (AvgIpc) is 3.34. The molecule has 242 valence electrons. The fourth-order valence-corrected chi connectivity index (χ4v) is 7.27. The number of aryl methyl sites for hydroxylation is 4. The Balaban J connectivity index is 0.00000386. The van der Waals surface area contributed by atoms with Crippen LogP contribution in [0.4, 0.5) is 0 Å². The largest absolute Gasteiger partial charge is 3.00 e. The fraction of sp³-hybridized carbons (Fsp3) is 0.341. The number of aromatic nitrogens is 2. The van der Waals surface area contributed by atoms with Gasteiger partial charge in [-0.1, -0.05) is 131 Å². The number of rotatable bonds is 0. The summed E-state index contributed by atoms with van der Waals surface area (Å²) < 4.78 is 0. The predicted octanol–water partition coefficient (Wildman–Crippen LogP) is 11.4. The summed E-state index contributed by atoms with van der Waals surface area (Å²) in [5.41, 5.74) is 17.7. The maximum Gasteiger partial charge on any atom is 3.00 e. The zero-order valence-electron chi connectivity index (χ0n) is 29.9. The van der Waals surface area contributed by atoms with Crippen molar-refractivity contribution in [3.05, 3.63) is 111 Å². The second-order valence-corrected chi connectivity index (χ2v) is 16.3. The van der Waals surface area contributed by atoms with Crippen LogP contribution in [0.15, 0.2) is 54.6 Å².